The van der Waals surface area contributed by atoms with Crippen molar-refractivity contribution in [3.63, 3.8) is 0 Å². The minimum atomic E-state index is 0. The van der Waals surface area contributed by atoms with E-state index in [0.717, 1.165) is 55.3 Å². The molecule has 13 rings (SSSR count). The number of pyridine rings is 2. The van der Waals surface area contributed by atoms with Crippen molar-refractivity contribution in [2.45, 2.75) is 0 Å². The minimum Gasteiger partial charge on any atom is -0.504 e. The molecule has 6 heteroatoms. The third kappa shape index (κ3) is 5.45. The molecule has 0 bridgehead atoms. The maximum atomic E-state index is 6.61. The smallest absolute Gasteiger partial charge is 0.235 e. The summed E-state index contributed by atoms with van der Waals surface area (Å²) >= 11 is 0. The van der Waals surface area contributed by atoms with Gasteiger partial charge in [-0.2, -0.15) is 12.1 Å². The second-order valence-corrected chi connectivity index (χ2v) is 15.5. The predicted molar refractivity (Wildman–Crippen MR) is 247 cm³/mol. The summed E-state index contributed by atoms with van der Waals surface area (Å²) in [7, 11) is 0. The van der Waals surface area contributed by atoms with Crippen molar-refractivity contribution in [1.82, 2.24) is 14.0 Å². The summed E-state index contributed by atoms with van der Waals surface area (Å²) in [5.74, 6) is 2.01. The first-order valence-corrected chi connectivity index (χ1v) is 20.5. The zero-order valence-electron chi connectivity index (χ0n) is 33.0. The van der Waals surface area contributed by atoms with E-state index in [2.05, 4.69) is 184 Å². The number of ether oxygens (including phenoxy) is 1. The number of benzene rings is 7. The van der Waals surface area contributed by atoms with Crippen LogP contribution in [0.5, 0.6) is 11.5 Å². The average Bonchev–Trinajstić information content (AvgIpc) is 3.84. The molecule has 0 N–H and O–H groups in total. The van der Waals surface area contributed by atoms with Gasteiger partial charge < -0.3 is 13.7 Å². The molecule has 0 amide bonds. The fourth-order valence-corrected chi connectivity index (χ4v) is 9.57. The van der Waals surface area contributed by atoms with E-state index in [4.69, 9.17) is 9.72 Å². The van der Waals surface area contributed by atoms with Gasteiger partial charge in [-0.1, -0.05) is 126 Å². The number of aromatic nitrogens is 4. The molecule has 5 heterocycles. The Kier molecular flexibility index (Phi) is 8.35. The molecule has 294 valence electrons. The molecule has 5 aromatic heterocycles. The van der Waals surface area contributed by atoms with Crippen LogP contribution in [0.4, 0.5) is 0 Å². The van der Waals surface area contributed by atoms with Crippen molar-refractivity contribution in [3.05, 3.63) is 213 Å². The average molecular weight is 972 g/mol. The van der Waals surface area contributed by atoms with Crippen LogP contribution >= 0.6 is 0 Å². The van der Waals surface area contributed by atoms with Gasteiger partial charge in [-0.25, -0.2) is 14.9 Å². The van der Waals surface area contributed by atoms with Crippen molar-refractivity contribution in [3.8, 4) is 28.4 Å². The minimum absolute atomic E-state index is 0. The van der Waals surface area contributed by atoms with Crippen molar-refractivity contribution in [2.24, 2.45) is 0 Å². The molecule has 0 aliphatic carbocycles. The number of nitrogens with zero attached hydrogens (tertiary/aromatic N) is 4. The van der Waals surface area contributed by atoms with Crippen molar-refractivity contribution >= 4 is 86.8 Å². The normalized spacial score (nSPS) is 11.7. The molecule has 5 nitrogen and oxygen atoms in total. The Morgan fingerprint density at radius 3 is 1.76 bits per heavy atom. The summed E-state index contributed by atoms with van der Waals surface area (Å²) in [4.78, 5) is 4.69. The third-order valence-electron chi connectivity index (χ3n) is 12.2. The Bertz CT molecular complexity index is 3980. The summed E-state index contributed by atoms with van der Waals surface area (Å²) in [6.07, 6.45) is 10.2. The van der Waals surface area contributed by atoms with Crippen LogP contribution in [0.15, 0.2) is 195 Å². The summed E-state index contributed by atoms with van der Waals surface area (Å²) in [6, 6.07) is 69.0. The molecule has 0 saturated carbocycles. The van der Waals surface area contributed by atoms with Crippen LogP contribution in [-0.2, 0) is 21.1 Å². The molecular formula is C56H32N4OPt-2. The Hall–Kier alpha value is -7.59. The van der Waals surface area contributed by atoms with Crippen molar-refractivity contribution in [1.29, 1.82) is 0 Å². The van der Waals surface area contributed by atoms with E-state index in [1.807, 2.05) is 42.6 Å². The van der Waals surface area contributed by atoms with E-state index in [9.17, 15) is 0 Å². The molecule has 0 radical (unpaired) electrons. The molecule has 13 aromatic rings. The second-order valence-electron chi connectivity index (χ2n) is 15.5. The topological polar surface area (TPSA) is 35.6 Å². The van der Waals surface area contributed by atoms with Crippen molar-refractivity contribution < 1.29 is 30.2 Å². The predicted octanol–water partition coefficient (Wildman–Crippen LogP) is 13.4. The first-order valence-electron chi connectivity index (χ1n) is 20.5. The quantitative estimate of drug-likeness (QED) is 0.130. The second kappa shape index (κ2) is 14.3. The molecule has 62 heavy (non-hydrogen) atoms. The van der Waals surface area contributed by atoms with E-state index in [-0.39, 0.29) is 21.1 Å². The van der Waals surface area contributed by atoms with Gasteiger partial charge in [-0.15, -0.1) is 41.3 Å². The van der Waals surface area contributed by atoms with Crippen molar-refractivity contribution in [2.75, 3.05) is 0 Å². The van der Waals surface area contributed by atoms with Crippen LogP contribution in [0.25, 0.3) is 104 Å². The van der Waals surface area contributed by atoms with Gasteiger partial charge in [0.1, 0.15) is 5.82 Å². The van der Waals surface area contributed by atoms with Gasteiger partial charge in [0.05, 0.1) is 11.7 Å². The van der Waals surface area contributed by atoms with E-state index >= 15 is 0 Å². The van der Waals surface area contributed by atoms with E-state index in [1.165, 1.54) is 48.5 Å². The zero-order valence-corrected chi connectivity index (χ0v) is 35.3. The number of para-hydroxylation sites is 2. The van der Waals surface area contributed by atoms with Gasteiger partial charge in [-0.05, 0) is 73.4 Å². The largest absolute Gasteiger partial charge is 0.504 e. The number of fused-ring (bicyclic) bond motifs is 12. The first-order chi connectivity index (χ1) is 30.3. The van der Waals surface area contributed by atoms with Gasteiger partial charge in [-0.3, -0.25) is 0 Å². The first kappa shape index (κ1) is 36.3. The van der Waals surface area contributed by atoms with E-state index in [1.54, 1.807) is 0 Å². The fourth-order valence-electron chi connectivity index (χ4n) is 9.57. The van der Waals surface area contributed by atoms with Crippen LogP contribution in [0.1, 0.15) is 0 Å². The number of hydrogen-bond acceptors (Lipinski definition) is 2. The summed E-state index contributed by atoms with van der Waals surface area (Å²) < 4.78 is 13.3. The maximum absolute atomic E-state index is 6.61. The number of rotatable bonds is 4. The molecular weight excluding hydrogens is 940 g/mol. The Balaban J connectivity index is 0.00000410. The van der Waals surface area contributed by atoms with Crippen LogP contribution < -0.4 is 9.14 Å². The SMILES string of the molecule is [Pt].[c-]1c(Oc2[c-]c3c(cc2)c2ccccc2n3-c2ccccn2)cccc1-c1[c-][n+]2ccc3c4ccccc4c4ccccc4c4ccccc4c4cn(c5ccccc15)c2c34. The molecule has 0 spiro atoms. The molecule has 0 aliphatic rings. The summed E-state index contributed by atoms with van der Waals surface area (Å²) in [5, 5.41) is 14.1. The summed E-state index contributed by atoms with van der Waals surface area (Å²) in [5.41, 5.74) is 5.86. The van der Waals surface area contributed by atoms with E-state index < -0.39 is 0 Å². The maximum Gasteiger partial charge on any atom is 0.235 e. The van der Waals surface area contributed by atoms with Gasteiger partial charge in [0, 0.05) is 67.4 Å². The molecule has 0 aliphatic heterocycles. The molecule has 0 fully saturated rings. The Morgan fingerprint density at radius 1 is 0.468 bits per heavy atom. The molecule has 0 saturated heterocycles. The Labute approximate surface area is 370 Å². The van der Waals surface area contributed by atoms with Gasteiger partial charge in [0.15, 0.2) is 0 Å². The van der Waals surface area contributed by atoms with Gasteiger partial charge in [0.25, 0.3) is 0 Å². The van der Waals surface area contributed by atoms with Crippen LogP contribution in [0.2, 0.25) is 0 Å². The van der Waals surface area contributed by atoms with Gasteiger partial charge in [0.2, 0.25) is 5.65 Å². The van der Waals surface area contributed by atoms with Crippen LogP contribution in [0, 0.1) is 18.3 Å². The standard InChI is InChI=1S/C56H32N4O.Pt/c1-2-17-40-39(16-1)41-18-3-5-20-43(41)48-29-31-58-34-49(46-23-7-9-24-51(46)59-35-50(55(48)56(58)59)44-21-6-4-19-42(40)44)36-14-13-15-37(32-36)61-38-27-28-47-45-22-8-10-25-52(45)60(53(47)33-38)54-26-11-12-30-57-54;/h1-31,35H;/q-2;. The summed E-state index contributed by atoms with van der Waals surface area (Å²) in [6.45, 7) is 0. The monoisotopic (exact) mass is 971 g/mol. The Morgan fingerprint density at radius 2 is 1.06 bits per heavy atom. The zero-order chi connectivity index (χ0) is 40.0. The molecule has 8 aromatic carbocycles. The molecule has 0 atom stereocenters. The van der Waals surface area contributed by atoms with E-state index in [0.29, 0.717) is 11.5 Å². The fraction of sp³-hybridized carbons (Fsp3) is 0. The third-order valence-corrected chi connectivity index (χ3v) is 12.2. The van der Waals surface area contributed by atoms with Crippen LogP contribution in [-0.4, -0.2) is 14.0 Å². The number of hydrogen-bond donors (Lipinski definition) is 0. The van der Waals surface area contributed by atoms with Crippen LogP contribution in [0.3, 0.4) is 0 Å². The molecule has 0 unspecified atom stereocenters. The van der Waals surface area contributed by atoms with Gasteiger partial charge >= 0.3 is 0 Å².